The van der Waals surface area contributed by atoms with Gasteiger partial charge in [0.25, 0.3) is 10.0 Å². The summed E-state index contributed by atoms with van der Waals surface area (Å²) >= 11 is 0. The summed E-state index contributed by atoms with van der Waals surface area (Å²) in [5.41, 5.74) is 3.14. The lowest BCUT2D eigenvalue weighted by Crippen LogP contribution is -2.22. The fourth-order valence-corrected chi connectivity index (χ4v) is 5.26. The second-order valence-corrected chi connectivity index (χ2v) is 9.08. The zero-order chi connectivity index (χ0) is 20.4. The van der Waals surface area contributed by atoms with E-state index in [2.05, 4.69) is 15.2 Å². The van der Waals surface area contributed by atoms with Crippen LogP contribution in [0.25, 0.3) is 11.0 Å². The highest BCUT2D eigenvalue weighted by molar-refractivity contribution is 7.90. The first kappa shape index (κ1) is 19.9. The fourth-order valence-electron chi connectivity index (χ4n) is 3.85. The summed E-state index contributed by atoms with van der Waals surface area (Å²) in [6.45, 7) is 2.37. The van der Waals surface area contributed by atoms with Crippen LogP contribution in [-0.2, 0) is 21.2 Å². The maximum Gasteiger partial charge on any atom is 0.268 e. The number of aromatic nitrogens is 2. The SMILES string of the molecule is CNCCc1cn(S(=O)(=O)c2cccc(N3CCC(OC)C3)c2)c2cccnc12. The molecule has 4 rings (SSSR count). The molecule has 0 aliphatic carbocycles. The van der Waals surface area contributed by atoms with Gasteiger partial charge < -0.3 is 15.0 Å². The van der Waals surface area contributed by atoms with E-state index >= 15 is 0 Å². The molecule has 0 spiro atoms. The summed E-state index contributed by atoms with van der Waals surface area (Å²) in [6.07, 6.45) is 5.23. The summed E-state index contributed by atoms with van der Waals surface area (Å²) in [4.78, 5) is 6.87. The molecule has 29 heavy (non-hydrogen) atoms. The van der Waals surface area contributed by atoms with Crippen molar-refractivity contribution in [3.8, 4) is 0 Å². The van der Waals surface area contributed by atoms with Crippen molar-refractivity contribution in [2.75, 3.05) is 38.7 Å². The zero-order valence-corrected chi connectivity index (χ0v) is 17.5. The molecule has 0 amide bonds. The Hall–Kier alpha value is -2.42. The molecule has 0 saturated carbocycles. The summed E-state index contributed by atoms with van der Waals surface area (Å²) < 4.78 is 33.8. The molecule has 7 nitrogen and oxygen atoms in total. The van der Waals surface area contributed by atoms with Gasteiger partial charge in [-0.2, -0.15) is 0 Å². The van der Waals surface area contributed by atoms with E-state index in [1.807, 2.05) is 13.1 Å². The molecule has 1 unspecified atom stereocenters. The normalized spacial score (nSPS) is 17.3. The van der Waals surface area contributed by atoms with E-state index in [0.29, 0.717) is 11.9 Å². The van der Waals surface area contributed by atoms with Gasteiger partial charge in [0, 0.05) is 38.3 Å². The number of fused-ring (bicyclic) bond motifs is 1. The van der Waals surface area contributed by atoms with Crippen LogP contribution in [0.5, 0.6) is 0 Å². The van der Waals surface area contributed by atoms with Crippen molar-refractivity contribution in [2.45, 2.75) is 23.8 Å². The summed E-state index contributed by atoms with van der Waals surface area (Å²) in [7, 11) is -0.152. The standard InChI is InChI=1S/C21H26N4O3S/c1-22-11-8-16-14-25(20-7-4-10-23-21(16)20)29(26,27)19-6-3-5-17(13-19)24-12-9-18(15-24)28-2/h3-7,10,13-14,18,22H,8-9,11-12,15H2,1-2H3. The number of nitrogens with zero attached hydrogens (tertiary/aromatic N) is 3. The number of anilines is 1. The fraction of sp³-hybridized carbons (Fsp3) is 0.381. The van der Waals surface area contributed by atoms with Crippen LogP contribution in [0, 0.1) is 0 Å². The average Bonchev–Trinajstić information content (AvgIpc) is 3.38. The molecule has 3 aromatic rings. The molecular weight excluding hydrogens is 388 g/mol. The molecule has 1 N–H and O–H groups in total. The molecule has 0 radical (unpaired) electrons. The Labute approximate surface area is 171 Å². The highest BCUT2D eigenvalue weighted by Crippen LogP contribution is 2.28. The molecule has 1 saturated heterocycles. The van der Waals surface area contributed by atoms with Crippen molar-refractivity contribution in [3.63, 3.8) is 0 Å². The third kappa shape index (κ3) is 3.75. The van der Waals surface area contributed by atoms with Gasteiger partial charge in [-0.25, -0.2) is 12.4 Å². The molecule has 1 aromatic carbocycles. The van der Waals surface area contributed by atoms with E-state index in [9.17, 15) is 8.42 Å². The predicted molar refractivity (Wildman–Crippen MR) is 114 cm³/mol. The van der Waals surface area contributed by atoms with Crippen LogP contribution in [0.15, 0.2) is 53.7 Å². The number of nitrogens with one attached hydrogen (secondary N) is 1. The van der Waals surface area contributed by atoms with Crippen molar-refractivity contribution >= 4 is 26.7 Å². The Morgan fingerprint density at radius 3 is 2.90 bits per heavy atom. The molecule has 8 heteroatoms. The second kappa shape index (κ2) is 8.14. The Bertz CT molecular complexity index is 1110. The molecule has 154 valence electrons. The van der Waals surface area contributed by atoms with Gasteiger partial charge in [0.2, 0.25) is 0 Å². The van der Waals surface area contributed by atoms with E-state index in [4.69, 9.17) is 4.74 Å². The first-order chi connectivity index (χ1) is 14.0. The van der Waals surface area contributed by atoms with Crippen molar-refractivity contribution < 1.29 is 13.2 Å². The van der Waals surface area contributed by atoms with Gasteiger partial charge in [0.05, 0.1) is 22.0 Å². The van der Waals surface area contributed by atoms with Crippen molar-refractivity contribution in [1.29, 1.82) is 0 Å². The van der Waals surface area contributed by atoms with Crippen LogP contribution < -0.4 is 10.2 Å². The first-order valence-electron chi connectivity index (χ1n) is 9.77. The van der Waals surface area contributed by atoms with E-state index in [1.165, 1.54) is 3.97 Å². The molecular formula is C21H26N4O3S. The lowest BCUT2D eigenvalue weighted by atomic mass is 10.2. The molecule has 3 heterocycles. The van der Waals surface area contributed by atoms with Gasteiger partial charge in [-0.3, -0.25) is 4.98 Å². The maximum atomic E-state index is 13.5. The molecule has 1 aliphatic rings. The number of hydrogen-bond donors (Lipinski definition) is 1. The topological polar surface area (TPSA) is 76.5 Å². The summed E-state index contributed by atoms with van der Waals surface area (Å²) in [5.74, 6) is 0. The minimum absolute atomic E-state index is 0.185. The van der Waals surface area contributed by atoms with Gasteiger partial charge >= 0.3 is 0 Å². The van der Waals surface area contributed by atoms with Crippen LogP contribution in [0.3, 0.4) is 0 Å². The molecule has 1 aliphatic heterocycles. The summed E-state index contributed by atoms with van der Waals surface area (Å²) in [6, 6.07) is 10.7. The lowest BCUT2D eigenvalue weighted by Gasteiger charge is -2.19. The smallest absolute Gasteiger partial charge is 0.268 e. The Kier molecular flexibility index (Phi) is 5.58. The van der Waals surface area contributed by atoms with Gasteiger partial charge in [0.1, 0.15) is 0 Å². The average molecular weight is 415 g/mol. The number of ether oxygens (including phenoxy) is 1. The number of benzene rings is 1. The van der Waals surface area contributed by atoms with Crippen molar-refractivity contribution in [3.05, 3.63) is 54.4 Å². The largest absolute Gasteiger partial charge is 0.380 e. The maximum absolute atomic E-state index is 13.5. The second-order valence-electron chi connectivity index (χ2n) is 7.27. The highest BCUT2D eigenvalue weighted by Gasteiger charge is 2.25. The van der Waals surface area contributed by atoms with Crippen LogP contribution in [0.1, 0.15) is 12.0 Å². The molecule has 0 bridgehead atoms. The van der Waals surface area contributed by atoms with Gasteiger partial charge in [-0.05, 0) is 62.3 Å². The minimum Gasteiger partial charge on any atom is -0.380 e. The number of likely N-dealkylation sites (N-methyl/N-ethyl adjacent to an activating group) is 1. The molecule has 1 fully saturated rings. The Morgan fingerprint density at radius 2 is 2.14 bits per heavy atom. The van der Waals surface area contributed by atoms with Crippen molar-refractivity contribution in [1.82, 2.24) is 14.3 Å². The lowest BCUT2D eigenvalue weighted by molar-refractivity contribution is 0.121. The van der Waals surface area contributed by atoms with E-state index < -0.39 is 10.0 Å². The van der Waals surface area contributed by atoms with Gasteiger partial charge in [-0.1, -0.05) is 6.07 Å². The van der Waals surface area contributed by atoms with E-state index in [1.54, 1.807) is 49.8 Å². The first-order valence-corrected chi connectivity index (χ1v) is 11.2. The van der Waals surface area contributed by atoms with Crippen molar-refractivity contribution in [2.24, 2.45) is 0 Å². The Morgan fingerprint density at radius 1 is 1.28 bits per heavy atom. The van der Waals surface area contributed by atoms with Crippen LogP contribution >= 0.6 is 0 Å². The monoisotopic (exact) mass is 414 g/mol. The minimum atomic E-state index is -3.74. The van der Waals surface area contributed by atoms with E-state index in [0.717, 1.165) is 42.8 Å². The highest BCUT2D eigenvalue weighted by atomic mass is 32.2. The number of methoxy groups -OCH3 is 1. The quantitative estimate of drug-likeness (QED) is 0.639. The third-order valence-electron chi connectivity index (χ3n) is 5.46. The van der Waals surface area contributed by atoms with Crippen LogP contribution in [0.4, 0.5) is 5.69 Å². The van der Waals surface area contributed by atoms with Gasteiger partial charge in [0.15, 0.2) is 0 Å². The van der Waals surface area contributed by atoms with Crippen LogP contribution in [-0.4, -0.2) is 57.3 Å². The number of pyridine rings is 1. The molecule has 1 atom stereocenters. The third-order valence-corrected chi connectivity index (χ3v) is 7.13. The molecule has 2 aromatic heterocycles. The number of hydrogen-bond acceptors (Lipinski definition) is 6. The zero-order valence-electron chi connectivity index (χ0n) is 16.7. The summed E-state index contributed by atoms with van der Waals surface area (Å²) in [5, 5.41) is 3.11. The Balaban J connectivity index is 1.73. The number of rotatable bonds is 7. The predicted octanol–water partition coefficient (Wildman–Crippen LogP) is 2.26. The van der Waals surface area contributed by atoms with E-state index in [-0.39, 0.29) is 11.0 Å². The van der Waals surface area contributed by atoms with Crippen LogP contribution in [0.2, 0.25) is 0 Å². The van der Waals surface area contributed by atoms with Gasteiger partial charge in [-0.15, -0.1) is 0 Å².